The molecule has 0 saturated heterocycles. The number of nitrogens with zero attached hydrogens (tertiary/aromatic N) is 2. The molecule has 2 aromatic rings. The number of halogens is 1. The summed E-state index contributed by atoms with van der Waals surface area (Å²) in [6.07, 6.45) is 1.52. The summed E-state index contributed by atoms with van der Waals surface area (Å²) in [5.41, 5.74) is 0.995. The first-order chi connectivity index (χ1) is 8.88. The maximum atomic E-state index is 11.7. The monoisotopic (exact) mass is 322 g/mol. The minimum absolute atomic E-state index is 0.338. The minimum Gasteiger partial charge on any atom is -0.476 e. The number of aromatic carboxylic acids is 1. The van der Waals surface area contributed by atoms with Gasteiger partial charge >= 0.3 is 5.97 Å². The molecule has 98 valence electrons. The van der Waals surface area contributed by atoms with Crippen molar-refractivity contribution in [1.29, 1.82) is 0 Å². The summed E-state index contributed by atoms with van der Waals surface area (Å²) in [6, 6.07) is 5.58. The Morgan fingerprint density at radius 3 is 2.58 bits per heavy atom. The molecule has 0 amide bonds. The molecular formula is C13H11BrN2O3. The lowest BCUT2D eigenvalue weighted by Gasteiger charge is -2.09. The van der Waals surface area contributed by atoms with Crippen molar-refractivity contribution in [2.45, 2.75) is 13.8 Å². The summed E-state index contributed by atoms with van der Waals surface area (Å²) in [5.74, 6) is -1.32. The van der Waals surface area contributed by atoms with E-state index in [1.165, 1.54) is 10.9 Å². The molecule has 5 nitrogen and oxygen atoms in total. The van der Waals surface area contributed by atoms with E-state index in [9.17, 15) is 9.59 Å². The topological polar surface area (TPSA) is 72.2 Å². The van der Waals surface area contributed by atoms with E-state index in [1.54, 1.807) is 13.0 Å². The van der Waals surface area contributed by atoms with Crippen LogP contribution in [0.15, 0.2) is 33.7 Å². The Morgan fingerprint density at radius 1 is 1.32 bits per heavy atom. The van der Waals surface area contributed by atoms with Crippen LogP contribution in [0.4, 0.5) is 0 Å². The predicted octanol–water partition coefficient (Wildman–Crippen LogP) is 2.31. The number of carboxylic acids is 1. The van der Waals surface area contributed by atoms with E-state index in [-0.39, 0.29) is 0 Å². The zero-order valence-corrected chi connectivity index (χ0v) is 11.9. The average molecular weight is 323 g/mol. The highest BCUT2D eigenvalue weighted by Gasteiger charge is 2.14. The number of aryl methyl sites for hydroxylation is 2. The van der Waals surface area contributed by atoms with E-state index < -0.39 is 17.1 Å². The lowest BCUT2D eigenvalue weighted by Crippen LogP contribution is -2.23. The highest BCUT2D eigenvalue weighted by molar-refractivity contribution is 9.10. The van der Waals surface area contributed by atoms with Crippen molar-refractivity contribution < 1.29 is 9.90 Å². The number of aromatic nitrogens is 2. The Hall–Kier alpha value is -1.95. The van der Waals surface area contributed by atoms with Crippen LogP contribution in [0, 0.1) is 13.8 Å². The fraction of sp³-hybridized carbons (Fsp3) is 0.154. The van der Waals surface area contributed by atoms with E-state index in [4.69, 9.17) is 5.11 Å². The zero-order chi connectivity index (χ0) is 14.2. The number of rotatable bonds is 2. The number of benzene rings is 1. The lowest BCUT2D eigenvalue weighted by atomic mass is 10.2. The van der Waals surface area contributed by atoms with Crippen molar-refractivity contribution >= 4 is 21.9 Å². The third-order valence-electron chi connectivity index (χ3n) is 2.59. The summed E-state index contributed by atoms with van der Waals surface area (Å²) < 4.78 is 2.26. The highest BCUT2D eigenvalue weighted by atomic mass is 79.9. The van der Waals surface area contributed by atoms with Gasteiger partial charge in [0.05, 0.1) is 5.69 Å². The molecule has 1 N–H and O–H groups in total. The molecule has 1 aromatic carbocycles. The number of hydrogen-bond donors (Lipinski definition) is 1. The fourth-order valence-corrected chi connectivity index (χ4v) is 2.33. The van der Waals surface area contributed by atoms with Crippen LogP contribution in [0.2, 0.25) is 0 Å². The van der Waals surface area contributed by atoms with Crippen molar-refractivity contribution in [1.82, 2.24) is 9.78 Å². The summed E-state index contributed by atoms with van der Waals surface area (Å²) in [5, 5.41) is 12.9. The average Bonchev–Trinajstić information content (AvgIpc) is 2.30. The fourth-order valence-electron chi connectivity index (χ4n) is 1.73. The standard InChI is InChI=1S/C13H11BrN2O3/c1-7-3-9(14)5-10(4-7)16-6-8(2)12(17)11(15-16)13(18)19/h3-6H,1-2H3,(H,18,19). The first-order valence-electron chi connectivity index (χ1n) is 5.50. The van der Waals surface area contributed by atoms with Gasteiger partial charge in [-0.15, -0.1) is 0 Å². The van der Waals surface area contributed by atoms with Crippen molar-refractivity contribution in [3.63, 3.8) is 0 Å². The molecule has 0 aliphatic heterocycles. The van der Waals surface area contributed by atoms with Crippen LogP contribution in [-0.2, 0) is 0 Å². The molecule has 1 heterocycles. The molecule has 0 aliphatic rings. The van der Waals surface area contributed by atoms with Gasteiger partial charge in [0.25, 0.3) is 0 Å². The highest BCUT2D eigenvalue weighted by Crippen LogP contribution is 2.17. The molecule has 0 radical (unpaired) electrons. The molecule has 1 aromatic heterocycles. The van der Waals surface area contributed by atoms with Crippen LogP contribution in [0.25, 0.3) is 5.69 Å². The van der Waals surface area contributed by atoms with E-state index in [0.717, 1.165) is 10.0 Å². The largest absolute Gasteiger partial charge is 0.476 e. The first kappa shape index (κ1) is 13.5. The summed E-state index contributed by atoms with van der Waals surface area (Å²) in [4.78, 5) is 22.7. The van der Waals surface area contributed by atoms with Gasteiger partial charge in [0, 0.05) is 16.2 Å². The number of carboxylic acid groups (broad SMARTS) is 1. The maximum absolute atomic E-state index is 11.7. The van der Waals surface area contributed by atoms with Gasteiger partial charge < -0.3 is 5.11 Å². The Kier molecular flexibility index (Phi) is 3.53. The summed E-state index contributed by atoms with van der Waals surface area (Å²) >= 11 is 3.37. The second kappa shape index (κ2) is 4.97. The normalized spacial score (nSPS) is 10.5. The van der Waals surface area contributed by atoms with Crippen LogP contribution in [0.1, 0.15) is 21.6 Å². The van der Waals surface area contributed by atoms with Gasteiger partial charge in [-0.25, -0.2) is 9.48 Å². The molecule has 0 fully saturated rings. The molecule has 2 rings (SSSR count). The van der Waals surface area contributed by atoms with E-state index in [2.05, 4.69) is 21.0 Å². The SMILES string of the molecule is Cc1cc(Br)cc(-n2cc(C)c(=O)c(C(=O)O)n2)c1. The van der Waals surface area contributed by atoms with Crippen molar-refractivity contribution in [2.24, 2.45) is 0 Å². The Labute approximate surface area is 117 Å². The predicted molar refractivity (Wildman–Crippen MR) is 74.0 cm³/mol. The van der Waals surface area contributed by atoms with Gasteiger partial charge in [0.15, 0.2) is 0 Å². The van der Waals surface area contributed by atoms with Gasteiger partial charge in [-0.2, -0.15) is 5.10 Å². The molecule has 0 spiro atoms. The Morgan fingerprint density at radius 2 is 2.00 bits per heavy atom. The van der Waals surface area contributed by atoms with Gasteiger partial charge in [0.1, 0.15) is 0 Å². The maximum Gasteiger partial charge on any atom is 0.360 e. The van der Waals surface area contributed by atoms with E-state index >= 15 is 0 Å². The molecule has 0 aliphatic carbocycles. The van der Waals surface area contributed by atoms with E-state index in [1.807, 2.05) is 19.1 Å². The number of carbonyl (C=O) groups is 1. The second-order valence-electron chi connectivity index (χ2n) is 4.23. The van der Waals surface area contributed by atoms with Crippen molar-refractivity contribution in [2.75, 3.05) is 0 Å². The van der Waals surface area contributed by atoms with Crippen LogP contribution in [-0.4, -0.2) is 20.9 Å². The minimum atomic E-state index is -1.32. The van der Waals surface area contributed by atoms with Crippen molar-refractivity contribution in [3.05, 3.63) is 55.9 Å². The van der Waals surface area contributed by atoms with Gasteiger partial charge in [-0.05, 0) is 37.6 Å². The zero-order valence-electron chi connectivity index (χ0n) is 10.3. The summed E-state index contributed by atoms with van der Waals surface area (Å²) in [7, 11) is 0. The van der Waals surface area contributed by atoms with Crippen LogP contribution < -0.4 is 5.43 Å². The third-order valence-corrected chi connectivity index (χ3v) is 3.05. The van der Waals surface area contributed by atoms with Crippen LogP contribution >= 0.6 is 15.9 Å². The molecule has 0 saturated carbocycles. The van der Waals surface area contributed by atoms with Gasteiger partial charge in [-0.1, -0.05) is 15.9 Å². The van der Waals surface area contributed by atoms with Gasteiger partial charge in [0.2, 0.25) is 11.1 Å². The Balaban J connectivity index is 2.69. The quantitative estimate of drug-likeness (QED) is 0.920. The third kappa shape index (κ3) is 2.73. The molecular weight excluding hydrogens is 312 g/mol. The summed E-state index contributed by atoms with van der Waals surface area (Å²) in [6.45, 7) is 3.49. The van der Waals surface area contributed by atoms with E-state index in [0.29, 0.717) is 11.3 Å². The van der Waals surface area contributed by atoms with Crippen molar-refractivity contribution in [3.8, 4) is 5.69 Å². The molecule has 0 atom stereocenters. The first-order valence-corrected chi connectivity index (χ1v) is 6.29. The second-order valence-corrected chi connectivity index (χ2v) is 5.14. The van der Waals surface area contributed by atoms with Crippen LogP contribution in [0.5, 0.6) is 0 Å². The number of hydrogen-bond acceptors (Lipinski definition) is 3. The smallest absolute Gasteiger partial charge is 0.360 e. The molecule has 0 bridgehead atoms. The van der Waals surface area contributed by atoms with Crippen LogP contribution in [0.3, 0.4) is 0 Å². The molecule has 6 heteroatoms. The Bertz CT molecular complexity index is 702. The molecule has 19 heavy (non-hydrogen) atoms. The van der Waals surface area contributed by atoms with Gasteiger partial charge in [-0.3, -0.25) is 4.79 Å². The molecule has 0 unspecified atom stereocenters. The lowest BCUT2D eigenvalue weighted by molar-refractivity contribution is 0.0686.